The quantitative estimate of drug-likeness (QED) is 0.846. The van der Waals surface area contributed by atoms with E-state index in [1.54, 1.807) is 4.72 Å². The van der Waals surface area contributed by atoms with E-state index < -0.39 is 65.5 Å². The first kappa shape index (κ1) is 6.17. The lowest BCUT2D eigenvalue weighted by molar-refractivity contribution is 0.414. The van der Waals surface area contributed by atoms with Gasteiger partial charge in [-0.05, 0) is 50.7 Å². The summed E-state index contributed by atoms with van der Waals surface area (Å²) < 4.78 is 113. The van der Waals surface area contributed by atoms with Crippen LogP contribution in [0.3, 0.4) is 0 Å². The summed E-state index contributed by atoms with van der Waals surface area (Å²) in [4.78, 5) is 2.89. The normalized spacial score (nSPS) is 22.4. The molecule has 0 unspecified atom stereocenters. The van der Waals surface area contributed by atoms with Gasteiger partial charge in [-0.1, -0.05) is 6.04 Å². The molecule has 2 N–H and O–H groups in total. The second-order valence-electron chi connectivity index (χ2n) is 3.93. The maximum absolute atomic E-state index is 12.2. The van der Waals surface area contributed by atoms with Gasteiger partial charge < -0.3 is 9.88 Å². The third kappa shape index (κ3) is 3.59. The minimum Gasteiger partial charge on any atom is -0.361 e. The van der Waals surface area contributed by atoms with Gasteiger partial charge in [-0.15, -0.1) is 0 Å². The molecule has 110 valence electrons. The summed E-state index contributed by atoms with van der Waals surface area (Å²) >= 11 is 0. The first-order valence-electron chi connectivity index (χ1n) is 11.1. The third-order valence-electron chi connectivity index (χ3n) is 2.45. The predicted octanol–water partition coefficient (Wildman–Crippen LogP) is 1.32. The zero-order valence-corrected chi connectivity index (χ0v) is 11.7. The Hall–Kier alpha value is -1.37. The third-order valence-corrected chi connectivity index (χ3v) is 3.46. The second kappa shape index (κ2) is 5.95. The van der Waals surface area contributed by atoms with E-state index in [0.717, 1.165) is 14.1 Å². The van der Waals surface area contributed by atoms with Gasteiger partial charge in [0, 0.05) is 33.2 Å². The summed E-state index contributed by atoms with van der Waals surface area (Å²) in [5.41, 5.74) is -4.72. The van der Waals surface area contributed by atoms with Crippen LogP contribution in [-0.4, -0.2) is 45.9 Å². The number of nitrogens with one attached hydrogen (secondary N) is 2. The molecular formula is C14H21N3O2S. The lowest BCUT2D eigenvalue weighted by Crippen LogP contribution is -2.20. The van der Waals surface area contributed by atoms with Crippen LogP contribution < -0.4 is 4.72 Å². The molecule has 6 heteroatoms. The second-order valence-corrected chi connectivity index (χ2v) is 5.55. The fraction of sp³-hybridized carbons (Fsp3) is 0.429. The Morgan fingerprint density at radius 2 is 2.35 bits per heavy atom. The van der Waals surface area contributed by atoms with Crippen LogP contribution in [0.1, 0.15) is 26.2 Å². The van der Waals surface area contributed by atoms with Crippen molar-refractivity contribution in [3.8, 4) is 0 Å². The molecule has 1 aromatic heterocycles. The molecule has 5 nitrogen and oxygen atoms in total. The van der Waals surface area contributed by atoms with Gasteiger partial charge >= 0.3 is 0 Å². The van der Waals surface area contributed by atoms with Gasteiger partial charge in [0.15, 0.2) is 0 Å². The number of H-pyrrole nitrogens is 1. The SMILES string of the molecule is [2H]c1[nH]c2c([2H])c([2H])c(C([2H])([2H])S(=O)(=O)NC)c([2H])c2c1CC([2H])([2H])N(C)C([2H])([2H])[2H]. The van der Waals surface area contributed by atoms with Crippen molar-refractivity contribution in [3.05, 3.63) is 35.4 Å². The van der Waals surface area contributed by atoms with Crippen molar-refractivity contribution in [2.45, 2.75) is 12.1 Å². The average molecular weight is 306 g/mol. The Morgan fingerprint density at radius 1 is 1.55 bits per heavy atom. The number of fused-ring (bicyclic) bond motifs is 1. The number of aryl methyl sites for hydroxylation is 1. The number of sulfonamides is 1. The van der Waals surface area contributed by atoms with Crippen molar-refractivity contribution in [1.29, 1.82) is 0 Å². The Bertz CT molecular complexity index is 1130. The monoisotopic (exact) mass is 306 g/mol. The van der Waals surface area contributed by atoms with Gasteiger partial charge in [0.1, 0.15) is 0 Å². The molecule has 0 aliphatic carbocycles. The lowest BCUT2D eigenvalue weighted by atomic mass is 10.1. The molecule has 0 bridgehead atoms. The molecular weight excluding hydrogens is 274 g/mol. The summed E-state index contributed by atoms with van der Waals surface area (Å²) in [6.07, 6.45) is -1.20. The number of rotatable bonds is 6. The maximum Gasteiger partial charge on any atom is 0.215 e. The van der Waals surface area contributed by atoms with Crippen molar-refractivity contribution in [2.75, 3.05) is 27.6 Å². The van der Waals surface area contributed by atoms with Gasteiger partial charge in [0.2, 0.25) is 10.0 Å². The number of hydrogen-bond acceptors (Lipinski definition) is 3. The highest BCUT2D eigenvalue weighted by molar-refractivity contribution is 7.88. The number of nitrogens with zero attached hydrogens (tertiary/aromatic N) is 1. The number of aromatic amines is 1. The number of likely N-dealkylation sites (N-methyl/N-ethyl adjacent to an activating group) is 1. The Labute approximate surface area is 135 Å². The molecule has 0 amide bonds. The van der Waals surface area contributed by atoms with Crippen molar-refractivity contribution in [3.63, 3.8) is 0 Å². The van der Waals surface area contributed by atoms with Crippen LogP contribution in [-0.2, 0) is 22.1 Å². The summed E-state index contributed by atoms with van der Waals surface area (Å²) in [6.45, 7) is -5.36. The Kier molecular flexibility index (Phi) is 1.84. The van der Waals surface area contributed by atoms with Crippen LogP contribution in [0.4, 0.5) is 0 Å². The molecule has 2 aromatic rings. The standard InChI is InChI=1S/C14H21N3O2S/c1-15-20(18,19)10-11-4-5-14-13(8-11)12(9-16-14)6-7-17(2)3/h4-5,8-9,15-16H,6-7,10H2,1-3H3/i2D3,4D,5D,7D2,8D,9D,10D2. The molecule has 0 fully saturated rings. The highest BCUT2D eigenvalue weighted by Crippen LogP contribution is 2.21. The summed E-state index contributed by atoms with van der Waals surface area (Å²) in [5.74, 6) is 0. The van der Waals surface area contributed by atoms with Gasteiger partial charge in [-0.3, -0.25) is 0 Å². The molecule has 0 saturated heterocycles. The number of aromatic nitrogens is 1. The van der Waals surface area contributed by atoms with Crippen LogP contribution in [0.5, 0.6) is 0 Å². The van der Waals surface area contributed by atoms with E-state index in [4.69, 9.17) is 15.1 Å². The van der Waals surface area contributed by atoms with E-state index in [0.29, 0.717) is 4.90 Å². The highest BCUT2D eigenvalue weighted by atomic mass is 32.2. The number of hydrogen-bond donors (Lipinski definition) is 2. The molecule has 1 aromatic carbocycles. The van der Waals surface area contributed by atoms with Gasteiger partial charge in [-0.2, -0.15) is 0 Å². The van der Waals surface area contributed by atoms with Gasteiger partial charge in [0.05, 0.1) is 11.2 Å². The topological polar surface area (TPSA) is 65.2 Å². The van der Waals surface area contributed by atoms with E-state index in [1.165, 1.54) is 0 Å². The van der Waals surface area contributed by atoms with Crippen LogP contribution in [0.15, 0.2) is 24.3 Å². The molecule has 2 rings (SSSR count). The largest absolute Gasteiger partial charge is 0.361 e. The summed E-state index contributed by atoms with van der Waals surface area (Å²) in [7, 11) is -2.75. The minimum absolute atomic E-state index is 0.242. The first-order chi connectivity index (χ1) is 13.8. The van der Waals surface area contributed by atoms with Crippen molar-refractivity contribution >= 4 is 20.9 Å². The van der Waals surface area contributed by atoms with E-state index >= 15 is 0 Å². The van der Waals surface area contributed by atoms with Gasteiger partial charge in [-0.25, -0.2) is 13.1 Å². The number of benzene rings is 1. The zero-order chi connectivity index (χ0) is 24.3. The molecule has 0 aliphatic rings. The van der Waals surface area contributed by atoms with Crippen LogP contribution >= 0.6 is 0 Å². The molecule has 0 aliphatic heterocycles. The Balaban J connectivity index is 2.87. The average Bonchev–Trinajstić information content (AvgIpc) is 2.94. The van der Waals surface area contributed by atoms with E-state index in [9.17, 15) is 8.42 Å². The highest BCUT2D eigenvalue weighted by Gasteiger charge is 2.11. The van der Waals surface area contributed by atoms with Crippen molar-refractivity contribution < 1.29 is 23.5 Å². The smallest absolute Gasteiger partial charge is 0.215 e. The fourth-order valence-electron chi connectivity index (χ4n) is 1.49. The first-order valence-corrected chi connectivity index (χ1v) is 7.08. The van der Waals surface area contributed by atoms with Crippen LogP contribution in [0.25, 0.3) is 10.9 Å². The Morgan fingerprint density at radius 3 is 3.05 bits per heavy atom. The van der Waals surface area contributed by atoms with Crippen molar-refractivity contribution in [1.82, 2.24) is 14.6 Å². The van der Waals surface area contributed by atoms with Gasteiger partial charge in [0.25, 0.3) is 0 Å². The molecule has 1 heterocycles. The molecule has 20 heavy (non-hydrogen) atoms. The maximum atomic E-state index is 12.2. The lowest BCUT2D eigenvalue weighted by Gasteiger charge is -2.08. The van der Waals surface area contributed by atoms with Crippen LogP contribution in [0, 0.1) is 0 Å². The molecule has 0 saturated carbocycles. The predicted molar refractivity (Wildman–Crippen MR) is 82.2 cm³/mol. The van der Waals surface area contributed by atoms with E-state index in [-0.39, 0.29) is 16.5 Å². The van der Waals surface area contributed by atoms with Crippen LogP contribution in [0.2, 0.25) is 0 Å². The molecule has 0 spiro atoms. The summed E-state index contributed by atoms with van der Waals surface area (Å²) in [6, 6.07) is -2.37. The van der Waals surface area contributed by atoms with E-state index in [2.05, 4.69) is 4.98 Å². The van der Waals surface area contributed by atoms with E-state index in [1.807, 2.05) is 0 Å². The minimum atomic E-state index is -4.71. The summed E-state index contributed by atoms with van der Waals surface area (Å²) in [5, 5.41) is -0.320. The molecule has 0 atom stereocenters. The zero-order valence-electron chi connectivity index (χ0n) is 21.9. The van der Waals surface area contributed by atoms with Crippen molar-refractivity contribution in [2.24, 2.45) is 0 Å². The molecule has 0 radical (unpaired) electrons. The fourth-order valence-corrected chi connectivity index (χ4v) is 1.97.